The predicted octanol–water partition coefficient (Wildman–Crippen LogP) is 1.51. The van der Waals surface area contributed by atoms with Crippen LogP contribution in [0.5, 0.6) is 0 Å². The summed E-state index contributed by atoms with van der Waals surface area (Å²) >= 11 is 0. The number of piperidine rings is 1. The lowest BCUT2D eigenvalue weighted by molar-refractivity contribution is -0.147. The number of nitrogens with zero attached hydrogens (tertiary/aromatic N) is 2. The molecule has 2 amide bonds. The summed E-state index contributed by atoms with van der Waals surface area (Å²) < 4.78 is 0. The van der Waals surface area contributed by atoms with E-state index in [0.29, 0.717) is 44.9 Å². The number of guanidine groups is 1. The van der Waals surface area contributed by atoms with Gasteiger partial charge in [0, 0.05) is 39.5 Å². The SMILES string of the molecule is CN=C(NCCN1C(=O)CCCC1=O)NCc1ccccc1.I. The lowest BCUT2D eigenvalue weighted by Gasteiger charge is -2.25. The van der Waals surface area contributed by atoms with Gasteiger partial charge < -0.3 is 10.6 Å². The summed E-state index contributed by atoms with van der Waals surface area (Å²) in [6.45, 7) is 1.54. The van der Waals surface area contributed by atoms with Crippen molar-refractivity contribution in [1.29, 1.82) is 0 Å². The first-order valence-corrected chi connectivity index (χ1v) is 7.52. The molecule has 1 aliphatic heterocycles. The summed E-state index contributed by atoms with van der Waals surface area (Å²) in [5.74, 6) is 0.497. The minimum absolute atomic E-state index is 0. The van der Waals surface area contributed by atoms with Gasteiger partial charge in [0.2, 0.25) is 11.8 Å². The van der Waals surface area contributed by atoms with E-state index >= 15 is 0 Å². The lowest BCUT2D eigenvalue weighted by Crippen LogP contribution is -2.46. The highest BCUT2D eigenvalue weighted by molar-refractivity contribution is 14.0. The molecule has 2 N–H and O–H groups in total. The number of hydrogen-bond donors (Lipinski definition) is 2. The van der Waals surface area contributed by atoms with E-state index in [4.69, 9.17) is 0 Å². The summed E-state index contributed by atoms with van der Waals surface area (Å²) in [6.07, 6.45) is 1.60. The first kappa shape index (κ1) is 19.4. The Morgan fingerprint density at radius 1 is 1.13 bits per heavy atom. The summed E-state index contributed by atoms with van der Waals surface area (Å²) in [5.41, 5.74) is 1.16. The molecule has 7 heteroatoms. The Balaban J connectivity index is 0.00000264. The second-order valence-electron chi connectivity index (χ2n) is 5.13. The zero-order valence-corrected chi connectivity index (χ0v) is 15.6. The fourth-order valence-corrected chi connectivity index (χ4v) is 2.34. The molecule has 1 aromatic rings. The van der Waals surface area contributed by atoms with Gasteiger partial charge in [-0.2, -0.15) is 0 Å². The molecule has 6 nitrogen and oxygen atoms in total. The number of aliphatic imine (C=N–C) groups is 1. The van der Waals surface area contributed by atoms with Gasteiger partial charge in [-0.3, -0.25) is 19.5 Å². The Bertz CT molecular complexity index is 532. The normalized spacial score (nSPS) is 15.2. The molecule has 0 spiro atoms. The van der Waals surface area contributed by atoms with Gasteiger partial charge in [0.1, 0.15) is 0 Å². The number of benzene rings is 1. The molecule has 0 unspecified atom stereocenters. The van der Waals surface area contributed by atoms with Crippen LogP contribution >= 0.6 is 24.0 Å². The van der Waals surface area contributed by atoms with Crippen LogP contribution in [0.3, 0.4) is 0 Å². The van der Waals surface area contributed by atoms with Crippen molar-refractivity contribution in [3.8, 4) is 0 Å². The Labute approximate surface area is 153 Å². The second kappa shape index (κ2) is 10.2. The zero-order chi connectivity index (χ0) is 15.8. The third-order valence-corrected chi connectivity index (χ3v) is 3.54. The van der Waals surface area contributed by atoms with Crippen molar-refractivity contribution in [2.24, 2.45) is 4.99 Å². The molecule has 126 valence electrons. The first-order chi connectivity index (χ1) is 10.7. The maximum absolute atomic E-state index is 11.7. The zero-order valence-electron chi connectivity index (χ0n) is 13.2. The second-order valence-corrected chi connectivity index (χ2v) is 5.13. The van der Waals surface area contributed by atoms with E-state index in [9.17, 15) is 9.59 Å². The molecule has 1 saturated heterocycles. The van der Waals surface area contributed by atoms with Crippen molar-refractivity contribution in [3.05, 3.63) is 35.9 Å². The Hall–Kier alpha value is -1.64. The molecule has 1 heterocycles. The van der Waals surface area contributed by atoms with Crippen molar-refractivity contribution < 1.29 is 9.59 Å². The topological polar surface area (TPSA) is 73.8 Å². The fraction of sp³-hybridized carbons (Fsp3) is 0.438. The molecule has 0 saturated carbocycles. The Kier molecular flexibility index (Phi) is 8.60. The molecular formula is C16H23IN4O2. The minimum atomic E-state index is -0.0784. The highest BCUT2D eigenvalue weighted by Crippen LogP contribution is 2.11. The third kappa shape index (κ3) is 6.17. The largest absolute Gasteiger partial charge is 0.355 e. The third-order valence-electron chi connectivity index (χ3n) is 3.54. The monoisotopic (exact) mass is 430 g/mol. The average molecular weight is 430 g/mol. The molecule has 0 aromatic heterocycles. The van der Waals surface area contributed by atoms with E-state index in [-0.39, 0.29) is 35.8 Å². The number of likely N-dealkylation sites (tertiary alicyclic amines) is 1. The van der Waals surface area contributed by atoms with Gasteiger partial charge in [-0.05, 0) is 12.0 Å². The van der Waals surface area contributed by atoms with Gasteiger partial charge in [0.25, 0.3) is 0 Å². The Morgan fingerprint density at radius 3 is 2.39 bits per heavy atom. The highest BCUT2D eigenvalue weighted by Gasteiger charge is 2.25. The Morgan fingerprint density at radius 2 is 1.78 bits per heavy atom. The van der Waals surface area contributed by atoms with Gasteiger partial charge in [-0.25, -0.2) is 0 Å². The number of hydrogen-bond acceptors (Lipinski definition) is 3. The smallest absolute Gasteiger partial charge is 0.229 e. The lowest BCUT2D eigenvalue weighted by atomic mass is 10.1. The van der Waals surface area contributed by atoms with Crippen LogP contribution in [0, 0.1) is 0 Å². The van der Waals surface area contributed by atoms with E-state index < -0.39 is 0 Å². The van der Waals surface area contributed by atoms with Gasteiger partial charge >= 0.3 is 0 Å². The van der Waals surface area contributed by atoms with Gasteiger partial charge in [-0.1, -0.05) is 30.3 Å². The number of carbonyl (C=O) groups excluding carboxylic acids is 2. The van der Waals surface area contributed by atoms with Crippen LogP contribution in [-0.2, 0) is 16.1 Å². The van der Waals surface area contributed by atoms with Gasteiger partial charge in [0.15, 0.2) is 5.96 Å². The molecule has 1 aromatic carbocycles. The van der Waals surface area contributed by atoms with Crippen LogP contribution in [0.2, 0.25) is 0 Å². The molecule has 0 aliphatic carbocycles. The van der Waals surface area contributed by atoms with Crippen molar-refractivity contribution in [3.63, 3.8) is 0 Å². The van der Waals surface area contributed by atoms with Crippen LogP contribution in [0.4, 0.5) is 0 Å². The van der Waals surface area contributed by atoms with Crippen LogP contribution < -0.4 is 10.6 Å². The van der Waals surface area contributed by atoms with Crippen molar-refractivity contribution in [2.45, 2.75) is 25.8 Å². The van der Waals surface area contributed by atoms with Gasteiger partial charge in [0.05, 0.1) is 0 Å². The number of nitrogens with one attached hydrogen (secondary N) is 2. The number of rotatable bonds is 5. The quantitative estimate of drug-likeness (QED) is 0.322. The predicted molar refractivity (Wildman–Crippen MR) is 101 cm³/mol. The standard InChI is InChI=1S/C16H22N4O2.HI/c1-17-16(19-12-13-6-3-2-4-7-13)18-10-11-20-14(21)8-5-9-15(20)22;/h2-4,6-7H,5,8-12H2,1H3,(H2,17,18,19);1H. The maximum Gasteiger partial charge on any atom is 0.229 e. The summed E-state index contributed by atoms with van der Waals surface area (Å²) in [7, 11) is 1.69. The number of halogens is 1. The number of imide groups is 1. The van der Waals surface area contributed by atoms with Gasteiger partial charge in [-0.15, -0.1) is 24.0 Å². The summed E-state index contributed by atoms with van der Waals surface area (Å²) in [5, 5.41) is 6.32. The van der Waals surface area contributed by atoms with E-state index in [2.05, 4.69) is 15.6 Å². The van der Waals surface area contributed by atoms with Crippen LogP contribution in [0.15, 0.2) is 35.3 Å². The molecule has 2 rings (SSSR count). The highest BCUT2D eigenvalue weighted by atomic mass is 127. The average Bonchev–Trinajstić information content (AvgIpc) is 2.54. The minimum Gasteiger partial charge on any atom is -0.355 e. The molecular weight excluding hydrogens is 407 g/mol. The molecule has 0 bridgehead atoms. The summed E-state index contributed by atoms with van der Waals surface area (Å²) in [4.78, 5) is 28.8. The van der Waals surface area contributed by atoms with E-state index in [1.54, 1.807) is 7.05 Å². The molecule has 0 radical (unpaired) electrons. The molecule has 23 heavy (non-hydrogen) atoms. The number of carbonyl (C=O) groups is 2. The van der Waals surface area contributed by atoms with Crippen LogP contribution in [-0.4, -0.2) is 42.8 Å². The molecule has 1 fully saturated rings. The van der Waals surface area contributed by atoms with Crippen LogP contribution in [0.25, 0.3) is 0 Å². The summed E-state index contributed by atoms with van der Waals surface area (Å²) in [6, 6.07) is 10.0. The fourth-order valence-electron chi connectivity index (χ4n) is 2.34. The molecule has 0 atom stereocenters. The maximum atomic E-state index is 11.7. The van der Waals surface area contributed by atoms with E-state index in [1.165, 1.54) is 4.90 Å². The molecule has 1 aliphatic rings. The van der Waals surface area contributed by atoms with Crippen molar-refractivity contribution in [2.75, 3.05) is 20.1 Å². The van der Waals surface area contributed by atoms with E-state index in [1.807, 2.05) is 30.3 Å². The number of amides is 2. The van der Waals surface area contributed by atoms with Crippen LogP contribution in [0.1, 0.15) is 24.8 Å². The van der Waals surface area contributed by atoms with Crippen molar-refractivity contribution >= 4 is 41.8 Å². The van der Waals surface area contributed by atoms with Crippen molar-refractivity contribution in [1.82, 2.24) is 15.5 Å². The van der Waals surface area contributed by atoms with E-state index in [0.717, 1.165) is 5.56 Å². The first-order valence-electron chi connectivity index (χ1n) is 7.52.